The summed E-state index contributed by atoms with van der Waals surface area (Å²) in [6.07, 6.45) is 1.68. The molecular formula is C20H24N4O3. The van der Waals surface area contributed by atoms with Gasteiger partial charge in [-0.3, -0.25) is 14.6 Å². The largest absolute Gasteiger partial charge is 0.378 e. The van der Waals surface area contributed by atoms with Gasteiger partial charge in [-0.2, -0.15) is 0 Å². The van der Waals surface area contributed by atoms with E-state index in [1.165, 1.54) is 11.8 Å². The number of carbonyl (C=O) groups excluding carboxylic acids is 2. The lowest BCUT2D eigenvalue weighted by Crippen LogP contribution is -2.42. The Morgan fingerprint density at radius 2 is 1.89 bits per heavy atom. The Kier molecular flexibility index (Phi) is 6.38. The molecule has 0 saturated carbocycles. The van der Waals surface area contributed by atoms with E-state index in [-0.39, 0.29) is 18.4 Å². The molecule has 1 aliphatic heterocycles. The van der Waals surface area contributed by atoms with Gasteiger partial charge < -0.3 is 19.9 Å². The Hall–Kier alpha value is -2.93. The van der Waals surface area contributed by atoms with Crippen molar-refractivity contribution in [3.63, 3.8) is 0 Å². The van der Waals surface area contributed by atoms with Crippen LogP contribution in [0.4, 0.5) is 11.4 Å². The van der Waals surface area contributed by atoms with Crippen molar-refractivity contribution < 1.29 is 14.3 Å². The van der Waals surface area contributed by atoms with Crippen LogP contribution in [0.5, 0.6) is 0 Å². The fraction of sp³-hybridized carbons (Fsp3) is 0.350. The third kappa shape index (κ3) is 5.04. The van der Waals surface area contributed by atoms with E-state index < -0.39 is 0 Å². The normalized spacial score (nSPS) is 13.9. The van der Waals surface area contributed by atoms with Crippen LogP contribution in [0.1, 0.15) is 12.6 Å². The van der Waals surface area contributed by atoms with E-state index >= 15 is 0 Å². The molecule has 1 aliphatic rings. The standard InChI is InChI=1S/C20H24N4O3/c1-16(25)24(15-20(26)22-14-17-6-4-5-9-21-17)19-8-3-2-7-18(19)23-10-12-27-13-11-23/h2-9H,10-15H2,1H3,(H,22,26). The predicted molar refractivity (Wildman–Crippen MR) is 104 cm³/mol. The number of hydrogen-bond donors (Lipinski definition) is 1. The average Bonchev–Trinajstić information content (AvgIpc) is 2.72. The van der Waals surface area contributed by atoms with E-state index in [1.807, 2.05) is 42.5 Å². The first-order valence-corrected chi connectivity index (χ1v) is 9.01. The number of nitrogens with zero attached hydrogens (tertiary/aromatic N) is 3. The van der Waals surface area contributed by atoms with Crippen molar-refractivity contribution in [1.29, 1.82) is 0 Å². The molecule has 1 fully saturated rings. The molecule has 1 aromatic heterocycles. The molecule has 1 N–H and O–H groups in total. The number of morpholine rings is 1. The highest BCUT2D eigenvalue weighted by molar-refractivity contribution is 6.00. The van der Waals surface area contributed by atoms with Gasteiger partial charge in [0.25, 0.3) is 0 Å². The second-order valence-electron chi connectivity index (χ2n) is 6.29. The Labute approximate surface area is 158 Å². The minimum absolute atomic E-state index is 0.0382. The Morgan fingerprint density at radius 1 is 1.15 bits per heavy atom. The van der Waals surface area contributed by atoms with Gasteiger partial charge >= 0.3 is 0 Å². The van der Waals surface area contributed by atoms with Crippen molar-refractivity contribution in [2.75, 3.05) is 42.6 Å². The summed E-state index contributed by atoms with van der Waals surface area (Å²) < 4.78 is 5.42. The predicted octanol–water partition coefficient (Wildman–Crippen LogP) is 1.59. The van der Waals surface area contributed by atoms with Gasteiger partial charge in [-0.05, 0) is 24.3 Å². The van der Waals surface area contributed by atoms with E-state index in [0.717, 1.165) is 30.2 Å². The SMILES string of the molecule is CC(=O)N(CC(=O)NCc1ccccn1)c1ccccc1N1CCOCC1. The Balaban J connectivity index is 1.72. The number of benzene rings is 1. The number of ether oxygens (including phenoxy) is 1. The van der Waals surface area contributed by atoms with Crippen LogP contribution in [0.25, 0.3) is 0 Å². The minimum Gasteiger partial charge on any atom is -0.378 e. The van der Waals surface area contributed by atoms with Crippen LogP contribution in [0.15, 0.2) is 48.7 Å². The molecule has 0 bridgehead atoms. The molecular weight excluding hydrogens is 344 g/mol. The first-order chi connectivity index (χ1) is 13.1. The third-order valence-corrected chi connectivity index (χ3v) is 4.40. The highest BCUT2D eigenvalue weighted by Crippen LogP contribution is 2.30. The van der Waals surface area contributed by atoms with Crippen LogP contribution < -0.4 is 15.1 Å². The summed E-state index contributed by atoms with van der Waals surface area (Å²) in [6.45, 7) is 4.59. The quantitative estimate of drug-likeness (QED) is 0.838. The zero-order valence-corrected chi connectivity index (χ0v) is 15.4. The maximum atomic E-state index is 12.4. The second-order valence-corrected chi connectivity index (χ2v) is 6.29. The number of anilines is 2. The monoisotopic (exact) mass is 368 g/mol. The highest BCUT2D eigenvalue weighted by Gasteiger charge is 2.22. The number of rotatable bonds is 6. The third-order valence-electron chi connectivity index (χ3n) is 4.40. The maximum absolute atomic E-state index is 12.4. The van der Waals surface area contributed by atoms with Gasteiger partial charge in [-0.15, -0.1) is 0 Å². The van der Waals surface area contributed by atoms with Gasteiger partial charge in [0.15, 0.2) is 0 Å². The Bertz CT molecular complexity index is 776. The number of carbonyl (C=O) groups is 2. The van der Waals surface area contributed by atoms with Crippen LogP contribution in [0, 0.1) is 0 Å². The van der Waals surface area contributed by atoms with Gasteiger partial charge in [-0.1, -0.05) is 18.2 Å². The minimum atomic E-state index is -0.229. The fourth-order valence-electron chi connectivity index (χ4n) is 3.02. The topological polar surface area (TPSA) is 74.8 Å². The molecule has 27 heavy (non-hydrogen) atoms. The van der Waals surface area contributed by atoms with Gasteiger partial charge in [0.05, 0.1) is 36.8 Å². The van der Waals surface area contributed by atoms with Gasteiger partial charge in [0.2, 0.25) is 11.8 Å². The molecule has 0 aliphatic carbocycles. The summed E-state index contributed by atoms with van der Waals surface area (Å²) >= 11 is 0. The van der Waals surface area contributed by atoms with Crippen LogP contribution >= 0.6 is 0 Å². The van der Waals surface area contributed by atoms with Gasteiger partial charge in [-0.25, -0.2) is 0 Å². The molecule has 7 heteroatoms. The molecule has 1 saturated heterocycles. The maximum Gasteiger partial charge on any atom is 0.240 e. The summed E-state index contributed by atoms with van der Waals surface area (Å²) in [7, 11) is 0. The summed E-state index contributed by atoms with van der Waals surface area (Å²) in [5.41, 5.74) is 2.45. The summed E-state index contributed by atoms with van der Waals surface area (Å²) in [4.78, 5) is 32.6. The van der Waals surface area contributed by atoms with Crippen molar-refractivity contribution in [2.45, 2.75) is 13.5 Å². The summed E-state index contributed by atoms with van der Waals surface area (Å²) in [5, 5.41) is 2.82. The molecule has 2 heterocycles. The first-order valence-electron chi connectivity index (χ1n) is 9.01. The van der Waals surface area contributed by atoms with E-state index in [4.69, 9.17) is 4.74 Å². The van der Waals surface area contributed by atoms with Crippen LogP contribution in [0.3, 0.4) is 0 Å². The number of para-hydroxylation sites is 2. The average molecular weight is 368 g/mol. The molecule has 0 unspecified atom stereocenters. The van der Waals surface area contributed by atoms with Crippen molar-refractivity contribution in [3.8, 4) is 0 Å². The van der Waals surface area contributed by atoms with Crippen molar-refractivity contribution in [1.82, 2.24) is 10.3 Å². The first kappa shape index (κ1) is 18.8. The lowest BCUT2D eigenvalue weighted by Gasteiger charge is -2.33. The van der Waals surface area contributed by atoms with Crippen molar-refractivity contribution in [2.24, 2.45) is 0 Å². The number of aromatic nitrogens is 1. The fourth-order valence-corrected chi connectivity index (χ4v) is 3.02. The number of nitrogens with one attached hydrogen (secondary N) is 1. The van der Waals surface area contributed by atoms with Crippen molar-refractivity contribution >= 4 is 23.2 Å². The number of amides is 2. The number of pyridine rings is 1. The van der Waals surface area contributed by atoms with Gasteiger partial charge in [0.1, 0.15) is 6.54 Å². The van der Waals surface area contributed by atoms with E-state index in [2.05, 4.69) is 15.2 Å². The van der Waals surface area contributed by atoms with Crippen molar-refractivity contribution in [3.05, 3.63) is 54.4 Å². The molecule has 3 rings (SSSR count). The van der Waals surface area contributed by atoms with E-state index in [1.54, 1.807) is 6.20 Å². The lowest BCUT2D eigenvalue weighted by atomic mass is 10.2. The summed E-state index contributed by atoms with van der Waals surface area (Å²) in [6, 6.07) is 13.2. The molecule has 0 spiro atoms. The van der Waals surface area contributed by atoms with Crippen LogP contribution in [-0.4, -0.2) is 49.6 Å². The van der Waals surface area contributed by atoms with Gasteiger partial charge in [0, 0.05) is 26.2 Å². The summed E-state index contributed by atoms with van der Waals surface area (Å²) in [5.74, 6) is -0.406. The molecule has 2 amide bonds. The number of hydrogen-bond acceptors (Lipinski definition) is 5. The molecule has 7 nitrogen and oxygen atoms in total. The Morgan fingerprint density at radius 3 is 2.59 bits per heavy atom. The van der Waals surface area contributed by atoms with Crippen LogP contribution in [0.2, 0.25) is 0 Å². The lowest BCUT2D eigenvalue weighted by molar-refractivity contribution is -0.123. The molecule has 142 valence electrons. The van der Waals surface area contributed by atoms with E-state index in [0.29, 0.717) is 19.8 Å². The zero-order valence-electron chi connectivity index (χ0n) is 15.4. The van der Waals surface area contributed by atoms with Crippen LogP contribution in [-0.2, 0) is 20.9 Å². The molecule has 1 aromatic carbocycles. The second kappa shape index (κ2) is 9.14. The molecule has 0 atom stereocenters. The zero-order chi connectivity index (χ0) is 19.1. The molecule has 2 aromatic rings. The van der Waals surface area contributed by atoms with E-state index in [9.17, 15) is 9.59 Å². The highest BCUT2D eigenvalue weighted by atomic mass is 16.5. The smallest absolute Gasteiger partial charge is 0.240 e. The molecule has 0 radical (unpaired) electrons.